The van der Waals surface area contributed by atoms with Gasteiger partial charge in [-0.25, -0.2) is 4.39 Å². The van der Waals surface area contributed by atoms with Gasteiger partial charge in [0.15, 0.2) is 0 Å². The molecule has 1 aliphatic rings. The van der Waals surface area contributed by atoms with Gasteiger partial charge in [-0.2, -0.15) is 5.26 Å². The van der Waals surface area contributed by atoms with Crippen molar-refractivity contribution in [1.82, 2.24) is 9.97 Å². The van der Waals surface area contributed by atoms with Crippen LogP contribution in [0.15, 0.2) is 71.8 Å². The van der Waals surface area contributed by atoms with Crippen molar-refractivity contribution in [3.05, 3.63) is 94.3 Å². The summed E-state index contributed by atoms with van der Waals surface area (Å²) in [7, 11) is 0. The highest BCUT2D eigenvalue weighted by atomic mass is 19.1. The Kier molecular flexibility index (Phi) is 4.33. The van der Waals surface area contributed by atoms with Gasteiger partial charge in [-0.15, -0.1) is 0 Å². The van der Waals surface area contributed by atoms with Crippen LogP contribution in [0.2, 0.25) is 0 Å². The lowest BCUT2D eigenvalue weighted by atomic mass is 9.79. The van der Waals surface area contributed by atoms with Crippen LogP contribution in [0.5, 0.6) is 5.75 Å². The maximum absolute atomic E-state index is 13.3. The Labute approximate surface area is 176 Å². The Balaban J connectivity index is 1.74. The van der Waals surface area contributed by atoms with Gasteiger partial charge in [-0.1, -0.05) is 24.3 Å². The van der Waals surface area contributed by atoms with Gasteiger partial charge in [0.2, 0.25) is 5.90 Å². The van der Waals surface area contributed by atoms with E-state index in [-0.39, 0.29) is 23.0 Å². The number of halogens is 1. The molecule has 3 heterocycles. The zero-order valence-corrected chi connectivity index (χ0v) is 16.1. The van der Waals surface area contributed by atoms with E-state index in [1.807, 2.05) is 12.1 Å². The number of hydrogen-bond acceptors (Lipinski definition) is 5. The number of benzene rings is 2. The molecule has 2 aromatic heterocycles. The third kappa shape index (κ3) is 3.06. The van der Waals surface area contributed by atoms with Gasteiger partial charge in [0.1, 0.15) is 17.5 Å². The van der Waals surface area contributed by atoms with Gasteiger partial charge in [0.05, 0.1) is 17.1 Å². The van der Waals surface area contributed by atoms with E-state index >= 15 is 0 Å². The number of nitrogens with zero attached hydrogens (tertiary/aromatic N) is 2. The Morgan fingerprint density at radius 3 is 2.65 bits per heavy atom. The Bertz CT molecular complexity index is 1440. The van der Waals surface area contributed by atoms with E-state index in [1.165, 1.54) is 12.1 Å². The molecular formula is C24H15FN4O2. The number of fused-ring (bicyclic) bond motifs is 3. The van der Waals surface area contributed by atoms with Crippen LogP contribution < -0.4 is 10.3 Å². The first-order chi connectivity index (χ1) is 15.1. The number of aromatic amines is 1. The summed E-state index contributed by atoms with van der Waals surface area (Å²) >= 11 is 0. The van der Waals surface area contributed by atoms with Crippen molar-refractivity contribution in [1.29, 1.82) is 10.7 Å². The molecule has 6 nitrogen and oxygen atoms in total. The van der Waals surface area contributed by atoms with Crippen LogP contribution in [0.3, 0.4) is 0 Å². The SMILES string of the molecule is N#CC1C(=N)Oc2c(c(=O)[nH]c3ccccc23)C1c1cncc(-c2ccc(F)cc2)c1. The first kappa shape index (κ1) is 18.7. The largest absolute Gasteiger partial charge is 0.441 e. The lowest BCUT2D eigenvalue weighted by Crippen LogP contribution is -2.35. The number of nitriles is 1. The van der Waals surface area contributed by atoms with Crippen LogP contribution in [-0.4, -0.2) is 15.9 Å². The Morgan fingerprint density at radius 1 is 1.10 bits per heavy atom. The Morgan fingerprint density at radius 2 is 1.87 bits per heavy atom. The second-order valence-corrected chi connectivity index (χ2v) is 7.31. The van der Waals surface area contributed by atoms with Crippen LogP contribution in [0.25, 0.3) is 22.0 Å². The zero-order valence-electron chi connectivity index (χ0n) is 16.1. The molecule has 0 saturated carbocycles. The molecule has 2 atom stereocenters. The standard InChI is InChI=1S/C24H15FN4O2/c25-16-7-5-13(6-8-16)14-9-15(12-28-11-14)20-18(10-26)23(27)31-22-17-3-1-2-4-19(17)29-24(30)21(20)22/h1-9,11-12,18,20,27H,(H,29,30). The number of hydrogen-bond donors (Lipinski definition) is 2. The minimum atomic E-state index is -0.986. The molecule has 0 radical (unpaired) electrons. The number of pyridine rings is 2. The average Bonchev–Trinajstić information content (AvgIpc) is 2.79. The summed E-state index contributed by atoms with van der Waals surface area (Å²) in [6, 6.07) is 17.1. The van der Waals surface area contributed by atoms with Crippen LogP contribution in [0.4, 0.5) is 4.39 Å². The van der Waals surface area contributed by atoms with Gasteiger partial charge in [-0.3, -0.25) is 15.2 Å². The number of rotatable bonds is 2. The lowest BCUT2D eigenvalue weighted by Gasteiger charge is -2.30. The highest BCUT2D eigenvalue weighted by Crippen LogP contribution is 2.43. The molecule has 2 aromatic carbocycles. The quantitative estimate of drug-likeness (QED) is 0.512. The van der Waals surface area contributed by atoms with Gasteiger partial charge in [0, 0.05) is 29.3 Å². The molecule has 0 spiro atoms. The third-order valence-electron chi connectivity index (χ3n) is 5.48. The van der Waals surface area contributed by atoms with Crippen LogP contribution in [-0.2, 0) is 0 Å². The van der Waals surface area contributed by atoms with Crippen molar-refractivity contribution in [2.75, 3.05) is 0 Å². The average molecular weight is 410 g/mol. The van der Waals surface area contributed by atoms with Crippen LogP contribution >= 0.6 is 0 Å². The molecule has 2 N–H and O–H groups in total. The summed E-state index contributed by atoms with van der Waals surface area (Å²) in [5.41, 5.74) is 2.57. The van der Waals surface area contributed by atoms with Gasteiger partial charge < -0.3 is 9.72 Å². The fourth-order valence-corrected chi connectivity index (χ4v) is 4.03. The monoisotopic (exact) mass is 410 g/mol. The number of para-hydroxylation sites is 1. The van der Waals surface area contributed by atoms with E-state index in [9.17, 15) is 14.4 Å². The van der Waals surface area contributed by atoms with Gasteiger partial charge >= 0.3 is 0 Å². The molecule has 2 unspecified atom stereocenters. The van der Waals surface area contributed by atoms with Crippen molar-refractivity contribution in [2.45, 2.75) is 5.92 Å². The molecule has 1 aliphatic heterocycles. The van der Waals surface area contributed by atoms with E-state index in [1.54, 1.807) is 42.7 Å². The molecule has 31 heavy (non-hydrogen) atoms. The fraction of sp³-hybridized carbons (Fsp3) is 0.0833. The second kappa shape index (κ2) is 7.18. The van der Waals surface area contributed by atoms with E-state index in [2.05, 4.69) is 16.0 Å². The summed E-state index contributed by atoms with van der Waals surface area (Å²) in [4.78, 5) is 20.2. The molecule has 7 heteroatoms. The fourth-order valence-electron chi connectivity index (χ4n) is 4.03. The van der Waals surface area contributed by atoms with Gasteiger partial charge in [-0.05, 0) is 41.5 Å². The molecule has 0 aliphatic carbocycles. The highest BCUT2D eigenvalue weighted by Gasteiger charge is 2.40. The summed E-state index contributed by atoms with van der Waals surface area (Å²) in [6.07, 6.45) is 3.22. The minimum absolute atomic E-state index is 0.220. The highest BCUT2D eigenvalue weighted by molar-refractivity contribution is 5.93. The maximum atomic E-state index is 13.3. The summed E-state index contributed by atoms with van der Waals surface area (Å²) in [6.45, 7) is 0. The van der Waals surface area contributed by atoms with Gasteiger partial charge in [0.25, 0.3) is 5.56 Å². The zero-order chi connectivity index (χ0) is 21.5. The van der Waals surface area contributed by atoms with Crippen LogP contribution in [0.1, 0.15) is 17.0 Å². The molecule has 0 fully saturated rings. The van der Waals surface area contributed by atoms with E-state index < -0.39 is 11.8 Å². The van der Waals surface area contributed by atoms with Crippen molar-refractivity contribution in [3.63, 3.8) is 0 Å². The first-order valence-electron chi connectivity index (χ1n) is 9.58. The smallest absolute Gasteiger partial charge is 0.256 e. The molecule has 0 amide bonds. The molecule has 150 valence electrons. The van der Waals surface area contributed by atoms with Crippen molar-refractivity contribution in [3.8, 4) is 22.9 Å². The van der Waals surface area contributed by atoms with E-state index in [4.69, 9.17) is 10.1 Å². The molecule has 0 bridgehead atoms. The number of nitrogens with one attached hydrogen (secondary N) is 2. The minimum Gasteiger partial charge on any atom is -0.441 e. The molecular weight excluding hydrogens is 395 g/mol. The maximum Gasteiger partial charge on any atom is 0.256 e. The second-order valence-electron chi connectivity index (χ2n) is 7.31. The number of aromatic nitrogens is 2. The van der Waals surface area contributed by atoms with E-state index in [0.29, 0.717) is 27.6 Å². The number of ether oxygens (including phenoxy) is 1. The predicted molar refractivity (Wildman–Crippen MR) is 114 cm³/mol. The van der Waals surface area contributed by atoms with Crippen molar-refractivity contribution < 1.29 is 9.13 Å². The molecule has 5 rings (SSSR count). The first-order valence-corrected chi connectivity index (χ1v) is 9.58. The Hall–Kier alpha value is -4.31. The normalized spacial score (nSPS) is 17.6. The predicted octanol–water partition coefficient (Wildman–Crippen LogP) is 4.37. The molecule has 4 aromatic rings. The van der Waals surface area contributed by atoms with E-state index in [0.717, 1.165) is 5.56 Å². The summed E-state index contributed by atoms with van der Waals surface area (Å²) in [5, 5.41) is 18.8. The summed E-state index contributed by atoms with van der Waals surface area (Å²) < 4.78 is 19.0. The summed E-state index contributed by atoms with van der Waals surface area (Å²) in [5.74, 6) is -2.00. The lowest BCUT2D eigenvalue weighted by molar-refractivity contribution is 0.452. The van der Waals surface area contributed by atoms with Crippen molar-refractivity contribution in [2.24, 2.45) is 5.92 Å². The third-order valence-corrected chi connectivity index (χ3v) is 5.48. The number of H-pyrrole nitrogens is 1. The van der Waals surface area contributed by atoms with Crippen LogP contribution in [0, 0.1) is 28.5 Å². The topological polar surface area (TPSA) is 103 Å². The van der Waals surface area contributed by atoms with Crippen molar-refractivity contribution >= 4 is 16.8 Å². The molecule has 0 saturated heterocycles.